The van der Waals surface area contributed by atoms with Gasteiger partial charge < -0.3 is 14.8 Å². The minimum Gasteiger partial charge on any atom is -0.344 e. The SMILES string of the molecule is CCC(CCN(C)c1nc(Nc2cc(C(C)(C)C)ccc2C)c2c(ncn2C)n1)CC(=O)NN. The quantitative estimate of drug-likeness (QED) is 0.249. The van der Waals surface area contributed by atoms with E-state index in [2.05, 4.69) is 68.5 Å². The van der Waals surface area contributed by atoms with Gasteiger partial charge in [-0.3, -0.25) is 10.2 Å². The Labute approximate surface area is 202 Å². The first kappa shape index (κ1) is 25.4. The molecule has 9 heteroatoms. The van der Waals surface area contributed by atoms with Crippen molar-refractivity contribution in [3.05, 3.63) is 35.7 Å². The van der Waals surface area contributed by atoms with Crippen LogP contribution in [0.1, 0.15) is 58.1 Å². The molecular weight excluding hydrogens is 428 g/mol. The molecule has 0 fully saturated rings. The average molecular weight is 467 g/mol. The normalized spacial score (nSPS) is 12.6. The number of hydrogen-bond donors (Lipinski definition) is 3. The Bertz CT molecular complexity index is 1150. The largest absolute Gasteiger partial charge is 0.344 e. The summed E-state index contributed by atoms with van der Waals surface area (Å²) in [4.78, 5) is 27.8. The van der Waals surface area contributed by atoms with Gasteiger partial charge in [0.05, 0.1) is 6.33 Å². The smallest absolute Gasteiger partial charge is 0.234 e. The summed E-state index contributed by atoms with van der Waals surface area (Å²) in [5.41, 5.74) is 7.16. The average Bonchev–Trinajstić information content (AvgIpc) is 3.17. The maximum atomic E-state index is 11.7. The highest BCUT2D eigenvalue weighted by atomic mass is 16.2. The summed E-state index contributed by atoms with van der Waals surface area (Å²) >= 11 is 0. The Hall–Kier alpha value is -3.20. The summed E-state index contributed by atoms with van der Waals surface area (Å²) in [6.07, 6.45) is 3.90. The van der Waals surface area contributed by atoms with Crippen molar-refractivity contribution in [2.75, 3.05) is 23.8 Å². The minimum atomic E-state index is -0.139. The number of carbonyl (C=O) groups is 1. The third-order valence-electron chi connectivity index (χ3n) is 6.34. The van der Waals surface area contributed by atoms with E-state index in [4.69, 9.17) is 15.8 Å². The monoisotopic (exact) mass is 466 g/mol. The Balaban J connectivity index is 1.90. The zero-order valence-corrected chi connectivity index (χ0v) is 21.4. The van der Waals surface area contributed by atoms with Crippen LogP contribution in [0.25, 0.3) is 11.2 Å². The summed E-state index contributed by atoms with van der Waals surface area (Å²) < 4.78 is 1.93. The highest BCUT2D eigenvalue weighted by molar-refractivity contribution is 5.87. The van der Waals surface area contributed by atoms with Crippen LogP contribution in [0.2, 0.25) is 0 Å². The molecule has 1 unspecified atom stereocenters. The van der Waals surface area contributed by atoms with Crippen LogP contribution in [0.3, 0.4) is 0 Å². The van der Waals surface area contributed by atoms with Gasteiger partial charge in [0.15, 0.2) is 11.5 Å². The molecule has 2 aromatic heterocycles. The van der Waals surface area contributed by atoms with Gasteiger partial charge in [0.1, 0.15) is 5.52 Å². The van der Waals surface area contributed by atoms with Crippen molar-refractivity contribution in [2.45, 2.75) is 59.3 Å². The number of nitrogens with one attached hydrogen (secondary N) is 2. The number of hydrazine groups is 1. The van der Waals surface area contributed by atoms with Crippen LogP contribution in [-0.4, -0.2) is 39.0 Å². The van der Waals surface area contributed by atoms with Gasteiger partial charge >= 0.3 is 0 Å². The highest BCUT2D eigenvalue weighted by Crippen LogP contribution is 2.31. The third-order valence-corrected chi connectivity index (χ3v) is 6.34. The standard InChI is InChI=1S/C25H38N8O/c1-8-17(13-20(34)31-26)11-12-32(6)24-29-22-21(33(7)15-27-22)23(30-24)28-19-14-18(25(3,4)5)10-9-16(19)2/h9-10,14-15,17H,8,11-13,26H2,1-7H3,(H,31,34)(H,28,29,30). The van der Waals surface area contributed by atoms with Gasteiger partial charge in [0, 0.05) is 32.7 Å². The number of rotatable bonds is 9. The molecule has 0 bridgehead atoms. The molecule has 0 aliphatic heterocycles. The number of hydrogen-bond acceptors (Lipinski definition) is 7. The van der Waals surface area contributed by atoms with Crippen LogP contribution in [0, 0.1) is 12.8 Å². The van der Waals surface area contributed by atoms with Gasteiger partial charge in [-0.25, -0.2) is 10.8 Å². The fourth-order valence-corrected chi connectivity index (χ4v) is 3.90. The number of fused-ring (bicyclic) bond motifs is 1. The molecule has 0 aliphatic rings. The molecule has 1 atom stereocenters. The summed E-state index contributed by atoms with van der Waals surface area (Å²) in [6.45, 7) is 11.5. The first-order valence-electron chi connectivity index (χ1n) is 11.8. The number of nitrogens with two attached hydrogens (primary N) is 1. The van der Waals surface area contributed by atoms with E-state index >= 15 is 0 Å². The van der Waals surface area contributed by atoms with E-state index in [0.717, 1.165) is 35.4 Å². The molecular formula is C25H38N8O. The zero-order valence-electron chi connectivity index (χ0n) is 21.4. The van der Waals surface area contributed by atoms with Crippen LogP contribution in [0.4, 0.5) is 17.5 Å². The molecule has 34 heavy (non-hydrogen) atoms. The van der Waals surface area contributed by atoms with Crippen LogP contribution in [0.5, 0.6) is 0 Å². The lowest BCUT2D eigenvalue weighted by Gasteiger charge is -2.23. The molecule has 0 aliphatic carbocycles. The van der Waals surface area contributed by atoms with E-state index in [0.29, 0.717) is 24.6 Å². The van der Waals surface area contributed by atoms with Crippen LogP contribution >= 0.6 is 0 Å². The molecule has 0 saturated carbocycles. The van der Waals surface area contributed by atoms with Gasteiger partial charge in [-0.1, -0.05) is 46.2 Å². The Morgan fingerprint density at radius 2 is 2.00 bits per heavy atom. The second-order valence-corrected chi connectivity index (χ2v) is 10.1. The maximum Gasteiger partial charge on any atom is 0.234 e. The fourth-order valence-electron chi connectivity index (χ4n) is 3.90. The van der Waals surface area contributed by atoms with Gasteiger partial charge in [0.25, 0.3) is 0 Å². The number of carbonyl (C=O) groups excluding carboxylic acids is 1. The van der Waals surface area contributed by atoms with Crippen molar-refractivity contribution < 1.29 is 4.79 Å². The molecule has 4 N–H and O–H groups in total. The zero-order chi connectivity index (χ0) is 25.0. The van der Waals surface area contributed by atoms with Crippen molar-refractivity contribution in [3.63, 3.8) is 0 Å². The van der Waals surface area contributed by atoms with Crippen molar-refractivity contribution in [1.29, 1.82) is 0 Å². The lowest BCUT2D eigenvalue weighted by Crippen LogP contribution is -2.32. The van der Waals surface area contributed by atoms with Crippen LogP contribution < -0.4 is 21.5 Å². The molecule has 184 valence electrons. The number of imidazole rings is 1. The fraction of sp³-hybridized carbons (Fsp3) is 0.520. The van der Waals surface area contributed by atoms with Crippen LogP contribution in [0.15, 0.2) is 24.5 Å². The van der Waals surface area contributed by atoms with E-state index in [-0.39, 0.29) is 17.2 Å². The highest BCUT2D eigenvalue weighted by Gasteiger charge is 2.19. The Kier molecular flexibility index (Phi) is 7.76. The Morgan fingerprint density at radius 1 is 1.26 bits per heavy atom. The molecule has 2 heterocycles. The van der Waals surface area contributed by atoms with Crippen molar-refractivity contribution in [1.82, 2.24) is 24.9 Å². The molecule has 3 aromatic rings. The predicted octanol–water partition coefficient (Wildman–Crippen LogP) is 3.95. The molecule has 1 aromatic carbocycles. The molecule has 0 spiro atoms. The summed E-state index contributed by atoms with van der Waals surface area (Å²) in [5.74, 6) is 6.67. The van der Waals surface area contributed by atoms with Crippen molar-refractivity contribution >= 4 is 34.5 Å². The van der Waals surface area contributed by atoms with E-state index < -0.39 is 0 Å². The minimum absolute atomic E-state index is 0.0413. The number of benzene rings is 1. The number of anilines is 3. The first-order chi connectivity index (χ1) is 16.0. The molecule has 3 rings (SSSR count). The third kappa shape index (κ3) is 5.83. The summed E-state index contributed by atoms with van der Waals surface area (Å²) in [7, 11) is 3.91. The van der Waals surface area contributed by atoms with Gasteiger partial charge in [-0.05, 0) is 41.9 Å². The topological polar surface area (TPSA) is 114 Å². The molecule has 0 saturated heterocycles. The van der Waals surface area contributed by atoms with Gasteiger partial charge in [0.2, 0.25) is 11.9 Å². The molecule has 0 radical (unpaired) electrons. The summed E-state index contributed by atoms with van der Waals surface area (Å²) in [5, 5.41) is 3.55. The van der Waals surface area contributed by atoms with Crippen LogP contribution in [-0.2, 0) is 17.3 Å². The van der Waals surface area contributed by atoms with E-state index in [9.17, 15) is 4.79 Å². The van der Waals surface area contributed by atoms with E-state index in [1.165, 1.54) is 5.56 Å². The van der Waals surface area contributed by atoms with E-state index in [1.54, 1.807) is 6.33 Å². The second-order valence-electron chi connectivity index (χ2n) is 10.1. The number of aromatic nitrogens is 4. The first-order valence-corrected chi connectivity index (χ1v) is 11.8. The molecule has 9 nitrogen and oxygen atoms in total. The Morgan fingerprint density at radius 3 is 2.65 bits per heavy atom. The maximum absolute atomic E-state index is 11.7. The lowest BCUT2D eigenvalue weighted by atomic mass is 9.86. The van der Waals surface area contributed by atoms with E-state index in [1.807, 2.05) is 23.6 Å². The predicted molar refractivity (Wildman–Crippen MR) is 138 cm³/mol. The number of amides is 1. The number of nitrogens with zero attached hydrogens (tertiary/aromatic N) is 5. The second kappa shape index (κ2) is 10.4. The van der Waals surface area contributed by atoms with Gasteiger partial charge in [-0.15, -0.1) is 0 Å². The van der Waals surface area contributed by atoms with Gasteiger partial charge in [-0.2, -0.15) is 9.97 Å². The van der Waals surface area contributed by atoms with Crippen molar-refractivity contribution in [3.8, 4) is 0 Å². The number of aryl methyl sites for hydroxylation is 2. The molecule has 1 amide bonds. The van der Waals surface area contributed by atoms with Crippen molar-refractivity contribution in [2.24, 2.45) is 18.8 Å². The summed E-state index contributed by atoms with van der Waals surface area (Å²) in [6, 6.07) is 6.51. The lowest BCUT2D eigenvalue weighted by molar-refractivity contribution is -0.122.